The molecule has 0 fully saturated rings. The highest BCUT2D eigenvalue weighted by atomic mass is 16.5. The molecule has 0 amide bonds. The van der Waals surface area contributed by atoms with Gasteiger partial charge in [0.2, 0.25) is 5.89 Å². The molecule has 0 spiro atoms. The fraction of sp³-hybridized carbons (Fsp3) is 0.385. The second-order valence-electron chi connectivity index (χ2n) is 4.19. The quantitative estimate of drug-likeness (QED) is 0.619. The van der Waals surface area contributed by atoms with Crippen molar-refractivity contribution in [2.75, 3.05) is 13.7 Å². The van der Waals surface area contributed by atoms with Gasteiger partial charge in [-0.1, -0.05) is 5.16 Å². The molecule has 0 saturated carbocycles. The van der Waals surface area contributed by atoms with Crippen LogP contribution in [-0.2, 0) is 17.7 Å². The number of aryl methyl sites for hydroxylation is 1. The lowest BCUT2D eigenvalue weighted by atomic mass is 10.2. The van der Waals surface area contributed by atoms with E-state index in [9.17, 15) is 4.79 Å². The molecule has 0 atom stereocenters. The van der Waals surface area contributed by atoms with E-state index >= 15 is 0 Å². The minimum Gasteiger partial charge on any atom is -0.465 e. The maximum absolute atomic E-state index is 11.2. The molecular formula is C13H16N4O3. The third kappa shape index (κ3) is 3.86. The van der Waals surface area contributed by atoms with Crippen molar-refractivity contribution in [2.24, 2.45) is 0 Å². The predicted octanol–water partition coefficient (Wildman–Crippen LogP) is 0.892. The normalized spacial score (nSPS) is 10.5. The highest BCUT2D eigenvalue weighted by molar-refractivity contribution is 5.88. The minimum absolute atomic E-state index is 0.385. The topological polar surface area (TPSA) is 90.1 Å². The van der Waals surface area contributed by atoms with Crippen LogP contribution in [0.4, 0.5) is 0 Å². The van der Waals surface area contributed by atoms with Crippen LogP contribution < -0.4 is 5.32 Å². The molecule has 0 bridgehead atoms. The number of aromatic nitrogens is 3. The highest BCUT2D eigenvalue weighted by Gasteiger charge is 2.05. The molecule has 0 saturated heterocycles. The molecule has 7 heteroatoms. The Kier molecular flexibility index (Phi) is 4.78. The highest BCUT2D eigenvalue weighted by Crippen LogP contribution is 2.02. The number of rotatable bonds is 6. The van der Waals surface area contributed by atoms with Crippen molar-refractivity contribution in [2.45, 2.75) is 19.9 Å². The zero-order valence-electron chi connectivity index (χ0n) is 11.4. The van der Waals surface area contributed by atoms with Gasteiger partial charge in [0.15, 0.2) is 5.82 Å². The smallest absolute Gasteiger partial charge is 0.339 e. The molecule has 0 aromatic carbocycles. The summed E-state index contributed by atoms with van der Waals surface area (Å²) in [6, 6.07) is 3.48. The maximum Gasteiger partial charge on any atom is 0.339 e. The molecule has 0 radical (unpaired) electrons. The van der Waals surface area contributed by atoms with Gasteiger partial charge in [0.1, 0.15) is 0 Å². The lowest BCUT2D eigenvalue weighted by molar-refractivity contribution is 0.0600. The van der Waals surface area contributed by atoms with Gasteiger partial charge in [-0.3, -0.25) is 4.98 Å². The van der Waals surface area contributed by atoms with Gasteiger partial charge >= 0.3 is 5.97 Å². The molecule has 7 nitrogen and oxygen atoms in total. The van der Waals surface area contributed by atoms with Crippen LogP contribution >= 0.6 is 0 Å². The molecule has 0 aliphatic heterocycles. The van der Waals surface area contributed by atoms with E-state index in [1.807, 2.05) is 0 Å². The first kappa shape index (κ1) is 14.1. The van der Waals surface area contributed by atoms with Gasteiger partial charge in [-0.05, 0) is 12.1 Å². The number of carbonyl (C=O) groups excluding carboxylic acids is 1. The summed E-state index contributed by atoms with van der Waals surface area (Å²) in [5, 5.41) is 7.03. The molecule has 2 rings (SSSR count). The van der Waals surface area contributed by atoms with Crippen LogP contribution in [0, 0.1) is 6.92 Å². The Morgan fingerprint density at radius 1 is 1.45 bits per heavy atom. The molecule has 106 valence electrons. The average molecular weight is 276 g/mol. The van der Waals surface area contributed by atoms with E-state index in [1.165, 1.54) is 13.3 Å². The van der Waals surface area contributed by atoms with E-state index in [2.05, 4.69) is 25.2 Å². The molecule has 1 N–H and O–H groups in total. The molecular weight excluding hydrogens is 260 g/mol. The van der Waals surface area contributed by atoms with E-state index < -0.39 is 0 Å². The molecule has 0 unspecified atom stereocenters. The van der Waals surface area contributed by atoms with Gasteiger partial charge in [0, 0.05) is 32.6 Å². The third-order valence-electron chi connectivity index (χ3n) is 2.65. The number of ether oxygens (including phenoxy) is 1. The van der Waals surface area contributed by atoms with Crippen LogP contribution in [0.1, 0.15) is 27.8 Å². The van der Waals surface area contributed by atoms with E-state index in [0.29, 0.717) is 30.2 Å². The van der Waals surface area contributed by atoms with Crippen molar-refractivity contribution in [1.29, 1.82) is 0 Å². The average Bonchev–Trinajstić information content (AvgIpc) is 2.89. The van der Waals surface area contributed by atoms with Gasteiger partial charge in [-0.15, -0.1) is 0 Å². The number of carbonyl (C=O) groups is 1. The first-order valence-electron chi connectivity index (χ1n) is 6.22. The standard InChI is InChI=1S/C13H16N4O3/c1-9-16-12(17-20-9)5-6-14-8-11-4-3-10(7-15-11)13(18)19-2/h3-4,7,14H,5-6,8H2,1-2H3. The Bertz CT molecular complexity index is 565. The number of pyridine rings is 1. The molecule has 2 aromatic rings. The SMILES string of the molecule is COC(=O)c1ccc(CNCCc2noc(C)n2)nc1. The summed E-state index contributed by atoms with van der Waals surface area (Å²) in [5.41, 5.74) is 1.29. The van der Waals surface area contributed by atoms with Gasteiger partial charge in [0.05, 0.1) is 18.4 Å². The van der Waals surface area contributed by atoms with E-state index in [0.717, 1.165) is 12.2 Å². The second kappa shape index (κ2) is 6.76. The van der Waals surface area contributed by atoms with Crippen LogP contribution in [0.2, 0.25) is 0 Å². The summed E-state index contributed by atoms with van der Waals surface area (Å²) >= 11 is 0. The number of methoxy groups -OCH3 is 1. The summed E-state index contributed by atoms with van der Waals surface area (Å²) in [7, 11) is 1.34. The Hall–Kier alpha value is -2.28. The maximum atomic E-state index is 11.2. The molecule has 2 heterocycles. The summed E-state index contributed by atoms with van der Waals surface area (Å²) < 4.78 is 9.49. The minimum atomic E-state index is -0.385. The fourth-order valence-corrected chi connectivity index (χ4v) is 1.63. The van der Waals surface area contributed by atoms with E-state index in [-0.39, 0.29) is 5.97 Å². The second-order valence-corrected chi connectivity index (χ2v) is 4.19. The van der Waals surface area contributed by atoms with E-state index in [1.54, 1.807) is 19.1 Å². The van der Waals surface area contributed by atoms with E-state index in [4.69, 9.17) is 4.52 Å². The van der Waals surface area contributed by atoms with Crippen molar-refractivity contribution in [3.63, 3.8) is 0 Å². The summed E-state index contributed by atoms with van der Waals surface area (Å²) in [4.78, 5) is 19.5. The predicted molar refractivity (Wildman–Crippen MR) is 70.0 cm³/mol. The number of nitrogens with zero attached hydrogens (tertiary/aromatic N) is 3. The number of nitrogens with one attached hydrogen (secondary N) is 1. The number of esters is 1. The van der Waals surface area contributed by atoms with Crippen molar-refractivity contribution in [3.05, 3.63) is 41.3 Å². The lowest BCUT2D eigenvalue weighted by Gasteiger charge is -2.03. The zero-order chi connectivity index (χ0) is 14.4. The first-order valence-corrected chi connectivity index (χ1v) is 6.22. The Balaban J connectivity index is 1.75. The van der Waals surface area contributed by atoms with Crippen LogP contribution in [0.25, 0.3) is 0 Å². The summed E-state index contributed by atoms with van der Waals surface area (Å²) in [6.45, 7) is 3.09. The monoisotopic (exact) mass is 276 g/mol. The molecule has 0 aliphatic rings. The van der Waals surface area contributed by atoms with Crippen molar-refractivity contribution >= 4 is 5.97 Å². The van der Waals surface area contributed by atoms with Crippen molar-refractivity contribution < 1.29 is 14.1 Å². The summed E-state index contributed by atoms with van der Waals surface area (Å²) in [5.74, 6) is 0.869. The van der Waals surface area contributed by atoms with Crippen molar-refractivity contribution in [1.82, 2.24) is 20.4 Å². The molecule has 0 aliphatic carbocycles. The Morgan fingerprint density at radius 2 is 2.30 bits per heavy atom. The van der Waals surface area contributed by atoms with Crippen LogP contribution in [0.3, 0.4) is 0 Å². The van der Waals surface area contributed by atoms with Gasteiger partial charge < -0.3 is 14.6 Å². The fourth-order valence-electron chi connectivity index (χ4n) is 1.63. The van der Waals surface area contributed by atoms with Gasteiger partial charge in [-0.25, -0.2) is 4.79 Å². The van der Waals surface area contributed by atoms with Crippen LogP contribution in [-0.4, -0.2) is 34.7 Å². The number of hydrogen-bond donors (Lipinski definition) is 1. The Labute approximate surface area is 116 Å². The van der Waals surface area contributed by atoms with Crippen LogP contribution in [0.15, 0.2) is 22.9 Å². The largest absolute Gasteiger partial charge is 0.465 e. The first-order chi connectivity index (χ1) is 9.69. The molecule has 20 heavy (non-hydrogen) atoms. The molecule has 2 aromatic heterocycles. The van der Waals surface area contributed by atoms with Gasteiger partial charge in [0.25, 0.3) is 0 Å². The van der Waals surface area contributed by atoms with Gasteiger partial charge in [-0.2, -0.15) is 4.98 Å². The van der Waals surface area contributed by atoms with Crippen LogP contribution in [0.5, 0.6) is 0 Å². The summed E-state index contributed by atoms with van der Waals surface area (Å²) in [6.07, 6.45) is 2.20. The lowest BCUT2D eigenvalue weighted by Crippen LogP contribution is -2.18. The Morgan fingerprint density at radius 3 is 2.90 bits per heavy atom. The number of hydrogen-bond acceptors (Lipinski definition) is 7. The third-order valence-corrected chi connectivity index (χ3v) is 2.65. The van der Waals surface area contributed by atoms with Crippen molar-refractivity contribution in [3.8, 4) is 0 Å². The zero-order valence-corrected chi connectivity index (χ0v) is 11.4.